The molecule has 18 heavy (non-hydrogen) atoms. The summed E-state index contributed by atoms with van der Waals surface area (Å²) in [4.78, 5) is 9.47. The summed E-state index contributed by atoms with van der Waals surface area (Å²) in [5.41, 5.74) is 6.11. The number of nitrogens with zero attached hydrogens (tertiary/aromatic N) is 3. The third-order valence-electron chi connectivity index (χ3n) is 4.27. The molecule has 0 aromatic carbocycles. The first kappa shape index (κ1) is 13.7. The Hall–Kier alpha value is -0.770. The van der Waals surface area contributed by atoms with E-state index in [9.17, 15) is 0 Å². The van der Waals surface area contributed by atoms with Crippen LogP contribution in [0.15, 0.2) is 4.99 Å². The van der Waals surface area contributed by atoms with Crippen molar-refractivity contribution in [2.75, 3.05) is 32.7 Å². The van der Waals surface area contributed by atoms with Gasteiger partial charge in [0, 0.05) is 19.1 Å². The number of rotatable bonds is 4. The first-order valence-corrected chi connectivity index (χ1v) is 7.60. The maximum Gasteiger partial charge on any atom is 0.191 e. The highest BCUT2D eigenvalue weighted by Gasteiger charge is 2.20. The average molecular weight is 252 g/mol. The van der Waals surface area contributed by atoms with E-state index < -0.39 is 0 Å². The van der Waals surface area contributed by atoms with Crippen molar-refractivity contribution in [1.82, 2.24) is 9.80 Å². The highest BCUT2D eigenvalue weighted by atomic mass is 15.3. The monoisotopic (exact) mass is 252 g/mol. The predicted molar refractivity (Wildman–Crippen MR) is 76.8 cm³/mol. The van der Waals surface area contributed by atoms with Gasteiger partial charge in [-0.05, 0) is 51.6 Å². The van der Waals surface area contributed by atoms with E-state index in [0.717, 1.165) is 25.6 Å². The van der Waals surface area contributed by atoms with Crippen LogP contribution >= 0.6 is 0 Å². The molecule has 0 radical (unpaired) electrons. The van der Waals surface area contributed by atoms with Crippen LogP contribution < -0.4 is 5.73 Å². The van der Waals surface area contributed by atoms with Gasteiger partial charge in [0.25, 0.3) is 0 Å². The van der Waals surface area contributed by atoms with Crippen LogP contribution in [-0.2, 0) is 0 Å². The average Bonchev–Trinajstić information content (AvgIpc) is 2.94. The largest absolute Gasteiger partial charge is 0.370 e. The van der Waals surface area contributed by atoms with Gasteiger partial charge in [0.05, 0.1) is 6.54 Å². The normalized spacial score (nSPS) is 24.5. The number of guanidine groups is 1. The summed E-state index contributed by atoms with van der Waals surface area (Å²) in [6.07, 6.45) is 7.74. The lowest BCUT2D eigenvalue weighted by molar-refractivity contribution is 0.241. The molecule has 2 fully saturated rings. The second kappa shape index (κ2) is 6.98. The van der Waals surface area contributed by atoms with Crippen molar-refractivity contribution in [3.63, 3.8) is 0 Å². The SMILES string of the molecule is CCC(CN=C(N)N1CCCCC1)N1CCCC1. The molecule has 4 nitrogen and oxygen atoms in total. The van der Waals surface area contributed by atoms with Crippen molar-refractivity contribution < 1.29 is 0 Å². The highest BCUT2D eigenvalue weighted by Crippen LogP contribution is 2.14. The summed E-state index contributed by atoms with van der Waals surface area (Å²) in [5, 5.41) is 0. The number of hydrogen-bond donors (Lipinski definition) is 1. The van der Waals surface area contributed by atoms with Crippen LogP contribution in [0.25, 0.3) is 0 Å². The van der Waals surface area contributed by atoms with Crippen molar-refractivity contribution in [2.24, 2.45) is 10.7 Å². The van der Waals surface area contributed by atoms with Crippen LogP contribution in [0.5, 0.6) is 0 Å². The van der Waals surface area contributed by atoms with Gasteiger partial charge in [-0.25, -0.2) is 0 Å². The fourth-order valence-electron chi connectivity index (χ4n) is 3.03. The molecule has 0 aromatic rings. The number of hydrogen-bond acceptors (Lipinski definition) is 2. The number of aliphatic imine (C=N–C) groups is 1. The van der Waals surface area contributed by atoms with Crippen molar-refractivity contribution in [3.05, 3.63) is 0 Å². The molecule has 2 rings (SSSR count). The van der Waals surface area contributed by atoms with E-state index in [1.54, 1.807) is 0 Å². The van der Waals surface area contributed by atoms with E-state index in [0.29, 0.717) is 6.04 Å². The molecule has 104 valence electrons. The van der Waals surface area contributed by atoms with Crippen LogP contribution in [0.3, 0.4) is 0 Å². The zero-order chi connectivity index (χ0) is 12.8. The van der Waals surface area contributed by atoms with Crippen molar-refractivity contribution in [3.8, 4) is 0 Å². The van der Waals surface area contributed by atoms with Crippen LogP contribution in [0.2, 0.25) is 0 Å². The molecule has 2 heterocycles. The van der Waals surface area contributed by atoms with Gasteiger partial charge >= 0.3 is 0 Å². The summed E-state index contributed by atoms with van der Waals surface area (Å²) in [5.74, 6) is 0.771. The van der Waals surface area contributed by atoms with Gasteiger partial charge < -0.3 is 10.6 Å². The van der Waals surface area contributed by atoms with Gasteiger partial charge in [-0.1, -0.05) is 6.92 Å². The van der Waals surface area contributed by atoms with Crippen LogP contribution in [-0.4, -0.2) is 54.5 Å². The fourth-order valence-corrected chi connectivity index (χ4v) is 3.03. The molecule has 0 amide bonds. The van der Waals surface area contributed by atoms with E-state index in [1.165, 1.54) is 51.6 Å². The Labute approximate surface area is 111 Å². The number of nitrogens with two attached hydrogens (primary N) is 1. The zero-order valence-electron chi connectivity index (χ0n) is 11.8. The maximum absolute atomic E-state index is 6.11. The minimum absolute atomic E-state index is 0.593. The Balaban J connectivity index is 1.82. The minimum atomic E-state index is 0.593. The number of piperidine rings is 1. The van der Waals surface area contributed by atoms with Gasteiger partial charge in [-0.3, -0.25) is 9.89 Å². The molecule has 0 saturated carbocycles. The van der Waals surface area contributed by atoms with E-state index in [-0.39, 0.29) is 0 Å². The Morgan fingerprint density at radius 3 is 2.28 bits per heavy atom. The summed E-state index contributed by atoms with van der Waals surface area (Å²) < 4.78 is 0. The fraction of sp³-hybridized carbons (Fsp3) is 0.929. The topological polar surface area (TPSA) is 44.9 Å². The molecular weight excluding hydrogens is 224 g/mol. The first-order valence-electron chi connectivity index (χ1n) is 7.60. The molecule has 1 atom stereocenters. The molecule has 0 aromatic heterocycles. The lowest BCUT2D eigenvalue weighted by Crippen LogP contribution is -2.42. The van der Waals surface area contributed by atoms with Gasteiger partial charge in [-0.15, -0.1) is 0 Å². The van der Waals surface area contributed by atoms with Crippen LogP contribution in [0, 0.1) is 0 Å². The molecule has 1 unspecified atom stereocenters. The van der Waals surface area contributed by atoms with E-state index in [1.807, 2.05) is 0 Å². The van der Waals surface area contributed by atoms with Gasteiger partial charge in [0.2, 0.25) is 0 Å². The van der Waals surface area contributed by atoms with Crippen LogP contribution in [0.4, 0.5) is 0 Å². The van der Waals surface area contributed by atoms with Crippen molar-refractivity contribution >= 4 is 5.96 Å². The molecule has 4 heteroatoms. The molecule has 0 bridgehead atoms. The lowest BCUT2D eigenvalue weighted by atomic mass is 10.1. The summed E-state index contributed by atoms with van der Waals surface area (Å²) >= 11 is 0. The maximum atomic E-state index is 6.11. The molecule has 0 aliphatic carbocycles. The third-order valence-corrected chi connectivity index (χ3v) is 4.27. The second-order valence-corrected chi connectivity index (χ2v) is 5.55. The Morgan fingerprint density at radius 2 is 1.67 bits per heavy atom. The highest BCUT2D eigenvalue weighted by molar-refractivity contribution is 5.78. The quantitative estimate of drug-likeness (QED) is 0.611. The predicted octanol–water partition coefficient (Wildman–Crippen LogP) is 1.66. The van der Waals surface area contributed by atoms with E-state index in [4.69, 9.17) is 5.73 Å². The van der Waals surface area contributed by atoms with E-state index >= 15 is 0 Å². The Morgan fingerprint density at radius 1 is 1.06 bits per heavy atom. The minimum Gasteiger partial charge on any atom is -0.370 e. The van der Waals surface area contributed by atoms with Gasteiger partial charge in [0.15, 0.2) is 5.96 Å². The van der Waals surface area contributed by atoms with Crippen molar-refractivity contribution in [1.29, 1.82) is 0 Å². The standard InChI is InChI=1S/C14H28N4/c1-2-13(17-8-6-7-9-17)12-16-14(15)18-10-4-3-5-11-18/h13H,2-12H2,1H3,(H2,15,16). The Bertz CT molecular complexity index is 265. The zero-order valence-corrected chi connectivity index (χ0v) is 11.8. The van der Waals surface area contributed by atoms with Crippen molar-refractivity contribution in [2.45, 2.75) is 51.5 Å². The lowest BCUT2D eigenvalue weighted by Gasteiger charge is -2.29. The number of likely N-dealkylation sites (tertiary alicyclic amines) is 2. The van der Waals surface area contributed by atoms with Crippen LogP contribution in [0.1, 0.15) is 45.4 Å². The Kier molecular flexibility index (Phi) is 5.29. The molecule has 2 N–H and O–H groups in total. The summed E-state index contributed by atoms with van der Waals surface area (Å²) in [6.45, 7) is 7.81. The summed E-state index contributed by atoms with van der Waals surface area (Å²) in [7, 11) is 0. The van der Waals surface area contributed by atoms with Gasteiger partial charge in [0.1, 0.15) is 0 Å². The van der Waals surface area contributed by atoms with Gasteiger partial charge in [-0.2, -0.15) is 0 Å². The second-order valence-electron chi connectivity index (χ2n) is 5.55. The molecular formula is C14H28N4. The molecule has 2 saturated heterocycles. The summed E-state index contributed by atoms with van der Waals surface area (Å²) in [6, 6.07) is 0.593. The molecule has 0 spiro atoms. The molecule has 2 aliphatic heterocycles. The molecule has 2 aliphatic rings. The smallest absolute Gasteiger partial charge is 0.191 e. The van der Waals surface area contributed by atoms with E-state index in [2.05, 4.69) is 21.7 Å². The first-order chi connectivity index (χ1) is 8.81. The third kappa shape index (κ3) is 3.61.